The zero-order valence-electron chi connectivity index (χ0n) is 16.1. The predicted octanol–water partition coefficient (Wildman–Crippen LogP) is 3.69. The molecule has 6 nitrogen and oxygen atoms in total. The molecular formula is C21H20F2N4O2. The SMILES string of the molecule is CC1(C)[C@@H]2CC[C@@]1(Cc1nnc(CO)o1)c1nnc(-c3c(F)cccc3F)cc12. The first-order chi connectivity index (χ1) is 13.9. The number of benzene rings is 1. The van der Waals surface area contributed by atoms with Crippen molar-refractivity contribution in [2.75, 3.05) is 0 Å². The summed E-state index contributed by atoms with van der Waals surface area (Å²) in [5.74, 6) is -0.487. The van der Waals surface area contributed by atoms with E-state index in [9.17, 15) is 13.9 Å². The summed E-state index contributed by atoms with van der Waals surface area (Å²) in [6.07, 6.45) is 2.31. The Morgan fingerprint density at radius 2 is 1.83 bits per heavy atom. The van der Waals surface area contributed by atoms with Gasteiger partial charge >= 0.3 is 0 Å². The van der Waals surface area contributed by atoms with Gasteiger partial charge in [0, 0.05) is 11.8 Å². The monoisotopic (exact) mass is 398 g/mol. The number of halogens is 2. The van der Waals surface area contributed by atoms with E-state index >= 15 is 0 Å². The largest absolute Gasteiger partial charge is 0.423 e. The van der Waals surface area contributed by atoms with Gasteiger partial charge in [-0.2, -0.15) is 10.2 Å². The summed E-state index contributed by atoms with van der Waals surface area (Å²) in [5.41, 5.74) is 1.36. The van der Waals surface area contributed by atoms with E-state index in [2.05, 4.69) is 34.2 Å². The smallest absolute Gasteiger partial charge is 0.241 e. The van der Waals surface area contributed by atoms with Gasteiger partial charge < -0.3 is 9.52 Å². The standard InChI is InChI=1S/C21H20F2N4O2/c1-20(2)12-6-7-21(20,9-16-25-26-17(10-28)29-16)19-11(12)8-15(24-27-19)18-13(22)4-3-5-14(18)23/h3-5,8,12,28H,6-7,9-10H2,1-2H3/t12-,21-/m1/s1. The van der Waals surface area contributed by atoms with Crippen LogP contribution in [0.25, 0.3) is 11.3 Å². The number of aliphatic hydroxyl groups excluding tert-OH is 1. The average Bonchev–Trinajstić information content (AvgIpc) is 3.29. The second-order valence-electron chi connectivity index (χ2n) is 8.45. The molecule has 1 fully saturated rings. The molecular weight excluding hydrogens is 378 g/mol. The molecule has 1 aromatic carbocycles. The van der Waals surface area contributed by atoms with Crippen molar-refractivity contribution in [3.05, 3.63) is 58.9 Å². The van der Waals surface area contributed by atoms with Gasteiger partial charge in [-0.15, -0.1) is 10.2 Å². The summed E-state index contributed by atoms with van der Waals surface area (Å²) in [4.78, 5) is 0. The van der Waals surface area contributed by atoms with Crippen LogP contribution in [0.1, 0.15) is 55.6 Å². The summed E-state index contributed by atoms with van der Waals surface area (Å²) < 4.78 is 34.1. The third kappa shape index (κ3) is 2.41. The Morgan fingerprint density at radius 1 is 1.10 bits per heavy atom. The van der Waals surface area contributed by atoms with Gasteiger partial charge in [0.1, 0.15) is 18.2 Å². The fourth-order valence-electron chi connectivity index (χ4n) is 5.37. The number of hydrogen-bond donors (Lipinski definition) is 1. The molecule has 2 aliphatic rings. The van der Waals surface area contributed by atoms with Crippen LogP contribution in [0.3, 0.4) is 0 Å². The van der Waals surface area contributed by atoms with Crippen molar-refractivity contribution in [3.8, 4) is 11.3 Å². The Kier molecular flexibility index (Phi) is 3.87. The van der Waals surface area contributed by atoms with Crippen LogP contribution in [0.15, 0.2) is 28.7 Å². The molecule has 29 heavy (non-hydrogen) atoms. The van der Waals surface area contributed by atoms with Gasteiger partial charge in [0.25, 0.3) is 0 Å². The number of fused-ring (bicyclic) bond motifs is 5. The van der Waals surface area contributed by atoms with Crippen molar-refractivity contribution in [2.45, 2.75) is 51.0 Å². The first-order valence-corrected chi connectivity index (χ1v) is 9.62. The van der Waals surface area contributed by atoms with E-state index in [0.717, 1.165) is 24.1 Å². The second kappa shape index (κ2) is 6.13. The van der Waals surface area contributed by atoms with Crippen molar-refractivity contribution >= 4 is 0 Å². The maximum Gasteiger partial charge on any atom is 0.241 e. The highest BCUT2D eigenvalue weighted by atomic mass is 19.1. The maximum absolute atomic E-state index is 14.3. The van der Waals surface area contributed by atoms with Crippen LogP contribution in [0.2, 0.25) is 0 Å². The third-order valence-electron chi connectivity index (χ3n) is 6.93. The summed E-state index contributed by atoms with van der Waals surface area (Å²) in [6, 6.07) is 5.56. The minimum absolute atomic E-state index is 0.151. The molecule has 1 saturated carbocycles. The molecule has 2 atom stereocenters. The fraction of sp³-hybridized carbons (Fsp3) is 0.429. The quantitative estimate of drug-likeness (QED) is 0.721. The summed E-state index contributed by atoms with van der Waals surface area (Å²) in [5, 5.41) is 25.8. The first kappa shape index (κ1) is 18.3. The van der Waals surface area contributed by atoms with E-state index in [4.69, 9.17) is 4.42 Å². The molecule has 3 aromatic rings. The molecule has 0 unspecified atom stereocenters. The van der Waals surface area contributed by atoms with E-state index in [1.165, 1.54) is 18.2 Å². The number of rotatable bonds is 4. The topological polar surface area (TPSA) is 84.9 Å². The highest BCUT2D eigenvalue weighted by molar-refractivity contribution is 5.63. The zero-order valence-corrected chi connectivity index (χ0v) is 16.1. The second-order valence-corrected chi connectivity index (χ2v) is 8.45. The number of hydrogen-bond acceptors (Lipinski definition) is 6. The van der Waals surface area contributed by atoms with Crippen LogP contribution in [0.4, 0.5) is 8.78 Å². The van der Waals surface area contributed by atoms with Gasteiger partial charge in [0.2, 0.25) is 11.8 Å². The van der Waals surface area contributed by atoms with Gasteiger partial charge in [-0.1, -0.05) is 19.9 Å². The number of aromatic nitrogens is 4. The molecule has 8 heteroatoms. The van der Waals surface area contributed by atoms with Crippen molar-refractivity contribution in [2.24, 2.45) is 5.41 Å². The van der Waals surface area contributed by atoms with Crippen molar-refractivity contribution in [1.82, 2.24) is 20.4 Å². The van der Waals surface area contributed by atoms with E-state index in [0.29, 0.717) is 12.3 Å². The number of aliphatic hydroxyl groups is 1. The molecule has 0 amide bonds. The van der Waals surface area contributed by atoms with E-state index in [1.54, 1.807) is 6.07 Å². The van der Waals surface area contributed by atoms with Crippen LogP contribution in [-0.4, -0.2) is 25.5 Å². The van der Waals surface area contributed by atoms with Crippen molar-refractivity contribution in [1.29, 1.82) is 0 Å². The number of nitrogens with zero attached hydrogens (tertiary/aromatic N) is 4. The van der Waals surface area contributed by atoms with Gasteiger partial charge in [0.05, 0.1) is 17.0 Å². The lowest BCUT2D eigenvalue weighted by atomic mass is 9.66. The molecule has 2 bridgehead atoms. The lowest BCUT2D eigenvalue weighted by Gasteiger charge is -2.36. The van der Waals surface area contributed by atoms with Gasteiger partial charge in [0.15, 0.2) is 0 Å². The fourth-order valence-corrected chi connectivity index (χ4v) is 5.37. The molecule has 2 aliphatic carbocycles. The highest BCUT2D eigenvalue weighted by Crippen LogP contribution is 2.68. The van der Waals surface area contributed by atoms with Crippen LogP contribution < -0.4 is 0 Å². The van der Waals surface area contributed by atoms with Crippen LogP contribution >= 0.6 is 0 Å². The lowest BCUT2D eigenvalue weighted by molar-refractivity contribution is 0.186. The molecule has 1 N–H and O–H groups in total. The predicted molar refractivity (Wildman–Crippen MR) is 98.7 cm³/mol. The van der Waals surface area contributed by atoms with Gasteiger partial charge in [-0.05, 0) is 47.9 Å². The minimum Gasteiger partial charge on any atom is -0.423 e. The Balaban J connectivity index is 1.62. The molecule has 0 radical (unpaired) electrons. The summed E-state index contributed by atoms with van der Waals surface area (Å²) in [6.45, 7) is 4.05. The molecule has 2 heterocycles. The van der Waals surface area contributed by atoms with Gasteiger partial charge in [-0.25, -0.2) is 8.78 Å². The lowest BCUT2D eigenvalue weighted by Crippen LogP contribution is -2.38. The van der Waals surface area contributed by atoms with Crippen LogP contribution in [0.5, 0.6) is 0 Å². The Bertz CT molecular complexity index is 1090. The van der Waals surface area contributed by atoms with E-state index in [1.807, 2.05) is 0 Å². The summed E-state index contributed by atoms with van der Waals surface area (Å²) >= 11 is 0. The molecule has 0 aliphatic heterocycles. The maximum atomic E-state index is 14.3. The highest BCUT2D eigenvalue weighted by Gasteiger charge is 2.63. The molecule has 0 spiro atoms. The van der Waals surface area contributed by atoms with Crippen molar-refractivity contribution < 1.29 is 18.3 Å². The Morgan fingerprint density at radius 3 is 2.52 bits per heavy atom. The van der Waals surface area contributed by atoms with E-state index < -0.39 is 11.6 Å². The van der Waals surface area contributed by atoms with E-state index in [-0.39, 0.29) is 40.5 Å². The van der Waals surface area contributed by atoms with Gasteiger partial charge in [-0.3, -0.25) is 0 Å². The zero-order chi connectivity index (χ0) is 20.4. The first-order valence-electron chi connectivity index (χ1n) is 9.62. The summed E-state index contributed by atoms with van der Waals surface area (Å²) in [7, 11) is 0. The average molecular weight is 398 g/mol. The molecule has 150 valence electrons. The Labute approximate surface area is 166 Å². The minimum atomic E-state index is -0.654. The molecule has 5 rings (SSSR count). The van der Waals surface area contributed by atoms with Crippen molar-refractivity contribution in [3.63, 3.8) is 0 Å². The molecule has 2 aromatic heterocycles. The molecule has 0 saturated heterocycles. The Hall–Kier alpha value is -2.74. The van der Waals surface area contributed by atoms with Crippen LogP contribution in [0, 0.1) is 17.0 Å². The third-order valence-corrected chi connectivity index (χ3v) is 6.93. The normalized spacial score (nSPS) is 24.1. The van der Waals surface area contributed by atoms with Crippen LogP contribution in [-0.2, 0) is 18.4 Å².